The highest BCUT2D eigenvalue weighted by molar-refractivity contribution is 8.02. The van der Waals surface area contributed by atoms with Crippen LogP contribution < -0.4 is 5.32 Å². The van der Waals surface area contributed by atoms with Crippen molar-refractivity contribution >= 4 is 50.7 Å². The summed E-state index contributed by atoms with van der Waals surface area (Å²) in [5, 5.41) is 2.70. The topological polar surface area (TPSA) is 59.1 Å². The molecule has 0 radical (unpaired) electrons. The van der Waals surface area contributed by atoms with Crippen molar-refractivity contribution in [1.29, 1.82) is 0 Å². The number of hydrogen-bond donors (Lipinski definition) is 1. The molecule has 3 aromatic rings. The van der Waals surface area contributed by atoms with Gasteiger partial charge in [-0.1, -0.05) is 30.8 Å². The van der Waals surface area contributed by atoms with Gasteiger partial charge in [-0.3, -0.25) is 9.59 Å². The number of benzene rings is 2. The zero-order valence-electron chi connectivity index (χ0n) is 14.0. The normalized spacial score (nSPS) is 12.1. The lowest BCUT2D eigenvalue weighted by Crippen LogP contribution is -2.24. The summed E-state index contributed by atoms with van der Waals surface area (Å²) in [7, 11) is 0. The van der Waals surface area contributed by atoms with Crippen molar-refractivity contribution < 1.29 is 9.59 Å². The van der Waals surface area contributed by atoms with Crippen molar-refractivity contribution in [2.75, 3.05) is 5.32 Å². The highest BCUT2D eigenvalue weighted by atomic mass is 32.2. The predicted molar refractivity (Wildman–Crippen MR) is 105 cm³/mol. The highest BCUT2D eigenvalue weighted by Crippen LogP contribution is 2.33. The number of carbonyl (C=O) groups is 2. The third-order valence-electron chi connectivity index (χ3n) is 3.74. The molecule has 2 aromatic carbocycles. The maximum Gasteiger partial charge on any atom is 0.237 e. The number of rotatable bonds is 6. The van der Waals surface area contributed by atoms with Gasteiger partial charge in [-0.25, -0.2) is 4.98 Å². The Morgan fingerprint density at radius 3 is 2.52 bits per heavy atom. The minimum atomic E-state index is -0.215. The zero-order chi connectivity index (χ0) is 17.8. The van der Waals surface area contributed by atoms with E-state index in [1.807, 2.05) is 31.2 Å². The van der Waals surface area contributed by atoms with Crippen LogP contribution >= 0.6 is 23.1 Å². The monoisotopic (exact) mass is 370 g/mol. The van der Waals surface area contributed by atoms with E-state index in [0.717, 1.165) is 14.6 Å². The van der Waals surface area contributed by atoms with Gasteiger partial charge in [0, 0.05) is 11.3 Å². The quantitative estimate of drug-likeness (QED) is 0.489. The zero-order valence-corrected chi connectivity index (χ0v) is 15.6. The van der Waals surface area contributed by atoms with Crippen molar-refractivity contribution in [2.45, 2.75) is 29.9 Å². The second-order valence-electron chi connectivity index (χ2n) is 5.59. The summed E-state index contributed by atoms with van der Waals surface area (Å²) >= 11 is 3.10. The van der Waals surface area contributed by atoms with Gasteiger partial charge >= 0.3 is 0 Å². The van der Waals surface area contributed by atoms with Crippen LogP contribution in [0.5, 0.6) is 0 Å². The predicted octanol–water partition coefficient (Wildman–Crippen LogP) is 5.01. The van der Waals surface area contributed by atoms with Crippen LogP contribution in [-0.2, 0) is 4.79 Å². The summed E-state index contributed by atoms with van der Waals surface area (Å²) in [5.74, 6) is -0.0435. The lowest BCUT2D eigenvalue weighted by molar-refractivity contribution is -0.115. The molecule has 0 aliphatic heterocycles. The summed E-state index contributed by atoms with van der Waals surface area (Å²) in [6.07, 6.45) is 0.706. The Morgan fingerprint density at radius 1 is 1.16 bits per heavy atom. The number of thioether (sulfide) groups is 1. The number of para-hydroxylation sites is 1. The molecule has 0 saturated heterocycles. The minimum Gasteiger partial charge on any atom is -0.325 e. The number of fused-ring (bicyclic) bond motifs is 1. The molecule has 0 spiro atoms. The molecule has 4 nitrogen and oxygen atoms in total. The second-order valence-corrected chi connectivity index (χ2v) is 8.07. The molecule has 25 heavy (non-hydrogen) atoms. The molecule has 0 unspecified atom stereocenters. The van der Waals surface area contributed by atoms with E-state index in [1.54, 1.807) is 35.6 Å². The SMILES string of the molecule is CC[C@H](Sc1nc2ccccc2s1)C(=O)Nc1ccc(C(C)=O)cc1. The van der Waals surface area contributed by atoms with E-state index in [0.29, 0.717) is 17.7 Å². The summed E-state index contributed by atoms with van der Waals surface area (Å²) in [6, 6.07) is 14.9. The van der Waals surface area contributed by atoms with Crippen molar-refractivity contribution in [3.63, 3.8) is 0 Å². The Morgan fingerprint density at radius 2 is 1.88 bits per heavy atom. The van der Waals surface area contributed by atoms with Crippen molar-refractivity contribution in [2.24, 2.45) is 0 Å². The Bertz CT molecular complexity index is 870. The number of hydrogen-bond acceptors (Lipinski definition) is 5. The van der Waals surface area contributed by atoms with Crippen LogP contribution in [0.3, 0.4) is 0 Å². The second kappa shape index (κ2) is 7.80. The summed E-state index contributed by atoms with van der Waals surface area (Å²) < 4.78 is 2.02. The van der Waals surface area contributed by atoms with E-state index >= 15 is 0 Å². The van der Waals surface area contributed by atoms with Gasteiger partial charge in [0.15, 0.2) is 10.1 Å². The van der Waals surface area contributed by atoms with Crippen LogP contribution in [0.2, 0.25) is 0 Å². The van der Waals surface area contributed by atoms with E-state index in [4.69, 9.17) is 0 Å². The molecule has 1 atom stereocenters. The first-order valence-corrected chi connectivity index (χ1v) is 9.70. The summed E-state index contributed by atoms with van der Waals surface area (Å²) in [6.45, 7) is 3.51. The molecule has 6 heteroatoms. The Hall–Kier alpha value is -2.18. The molecule has 1 amide bonds. The Kier molecular flexibility index (Phi) is 5.50. The molecule has 1 N–H and O–H groups in total. The summed E-state index contributed by atoms with van der Waals surface area (Å²) in [5.41, 5.74) is 2.29. The van der Waals surface area contributed by atoms with E-state index < -0.39 is 0 Å². The van der Waals surface area contributed by atoms with E-state index in [-0.39, 0.29) is 16.9 Å². The molecule has 3 rings (SSSR count). The molecule has 0 aliphatic carbocycles. The van der Waals surface area contributed by atoms with Crippen LogP contribution in [0.4, 0.5) is 5.69 Å². The molecular weight excluding hydrogens is 352 g/mol. The van der Waals surface area contributed by atoms with Crippen molar-refractivity contribution in [1.82, 2.24) is 4.98 Å². The number of ketones is 1. The lowest BCUT2D eigenvalue weighted by Gasteiger charge is -2.13. The van der Waals surface area contributed by atoms with Crippen LogP contribution in [-0.4, -0.2) is 21.9 Å². The fraction of sp³-hybridized carbons (Fsp3) is 0.211. The van der Waals surface area contributed by atoms with Gasteiger partial charge in [-0.2, -0.15) is 0 Å². The summed E-state index contributed by atoms with van der Waals surface area (Å²) in [4.78, 5) is 28.5. The first-order chi connectivity index (χ1) is 12.1. The minimum absolute atomic E-state index is 0.00991. The van der Waals surface area contributed by atoms with Gasteiger partial charge in [-0.15, -0.1) is 11.3 Å². The molecule has 0 saturated carbocycles. The molecule has 0 bridgehead atoms. The largest absolute Gasteiger partial charge is 0.325 e. The van der Waals surface area contributed by atoms with Crippen LogP contribution in [0.1, 0.15) is 30.6 Å². The fourth-order valence-electron chi connectivity index (χ4n) is 2.36. The van der Waals surface area contributed by atoms with E-state index in [9.17, 15) is 9.59 Å². The van der Waals surface area contributed by atoms with Crippen LogP contribution in [0.25, 0.3) is 10.2 Å². The van der Waals surface area contributed by atoms with Crippen LogP contribution in [0.15, 0.2) is 52.9 Å². The Balaban J connectivity index is 1.69. The average molecular weight is 370 g/mol. The van der Waals surface area contributed by atoms with E-state index in [1.165, 1.54) is 18.7 Å². The molecule has 128 valence electrons. The van der Waals surface area contributed by atoms with Crippen LogP contribution in [0, 0.1) is 0 Å². The average Bonchev–Trinajstić information content (AvgIpc) is 3.02. The molecule has 0 fully saturated rings. The number of nitrogens with one attached hydrogen (secondary N) is 1. The molecule has 1 aromatic heterocycles. The standard InChI is InChI=1S/C19H18N2O2S2/c1-3-16(24-19-21-15-6-4-5-7-17(15)25-19)18(23)20-14-10-8-13(9-11-14)12(2)22/h4-11,16H,3H2,1-2H3,(H,20,23)/t16-/m0/s1. The maximum absolute atomic E-state index is 12.6. The molecular formula is C19H18N2O2S2. The van der Waals surface area contributed by atoms with Gasteiger partial charge < -0.3 is 5.32 Å². The lowest BCUT2D eigenvalue weighted by atomic mass is 10.1. The smallest absolute Gasteiger partial charge is 0.237 e. The first kappa shape index (κ1) is 17.6. The van der Waals surface area contributed by atoms with Crippen molar-refractivity contribution in [3.8, 4) is 0 Å². The molecule has 0 aliphatic rings. The van der Waals surface area contributed by atoms with Gasteiger partial charge in [0.25, 0.3) is 0 Å². The van der Waals surface area contributed by atoms with Crippen molar-refractivity contribution in [3.05, 3.63) is 54.1 Å². The third kappa shape index (κ3) is 4.27. The number of amides is 1. The third-order valence-corrected chi connectivity index (χ3v) is 6.23. The number of thiazole rings is 1. The van der Waals surface area contributed by atoms with Gasteiger partial charge in [0.1, 0.15) is 0 Å². The number of anilines is 1. The first-order valence-electron chi connectivity index (χ1n) is 8.01. The van der Waals surface area contributed by atoms with Gasteiger partial charge in [-0.05, 0) is 49.7 Å². The maximum atomic E-state index is 12.6. The number of aromatic nitrogens is 1. The molecule has 1 heterocycles. The van der Waals surface area contributed by atoms with E-state index in [2.05, 4.69) is 10.3 Å². The number of carbonyl (C=O) groups excluding carboxylic acids is 2. The van der Waals surface area contributed by atoms with Gasteiger partial charge in [0.05, 0.1) is 15.5 Å². The Labute approximate surface area is 154 Å². The number of nitrogens with zero attached hydrogens (tertiary/aromatic N) is 1. The fourth-order valence-corrected chi connectivity index (χ4v) is 4.59. The van der Waals surface area contributed by atoms with Gasteiger partial charge in [0.2, 0.25) is 5.91 Å². The number of Topliss-reactive ketones (excluding diaryl/α,β-unsaturated/α-hetero) is 1. The highest BCUT2D eigenvalue weighted by Gasteiger charge is 2.20.